The second-order valence-electron chi connectivity index (χ2n) is 8.28. The number of H-pyrrole nitrogens is 1. The first-order valence-electron chi connectivity index (χ1n) is 8.77. The highest BCUT2D eigenvalue weighted by Gasteiger charge is 2.50. The molecule has 0 spiro atoms. The van der Waals surface area contributed by atoms with Crippen LogP contribution in [0.1, 0.15) is 50.7 Å². The van der Waals surface area contributed by atoms with Gasteiger partial charge in [0.1, 0.15) is 0 Å². The number of nitrogens with zero attached hydrogens (tertiary/aromatic N) is 1. The van der Waals surface area contributed by atoms with Gasteiger partial charge in [0.05, 0.1) is 0 Å². The van der Waals surface area contributed by atoms with Gasteiger partial charge in [-0.1, -0.05) is 39.0 Å². The topological polar surface area (TPSA) is 29.9 Å². The summed E-state index contributed by atoms with van der Waals surface area (Å²) in [6.07, 6.45) is 6.82. The van der Waals surface area contributed by atoms with Crippen LogP contribution in [0.4, 0.5) is 0 Å². The maximum atomic E-state index is 4.88. The monoisotopic (exact) mass is 307 g/mol. The third kappa shape index (κ3) is 1.79. The molecular weight excluding hydrogens is 280 g/mol. The van der Waals surface area contributed by atoms with Gasteiger partial charge in [-0.3, -0.25) is 0 Å². The molecule has 2 aliphatic rings. The molecular formula is C21H27N2-. The van der Waals surface area contributed by atoms with Crippen LogP contribution in [0.2, 0.25) is 0 Å². The molecule has 0 saturated heterocycles. The fraction of sp³-hybridized carbons (Fsp3) is 0.524. The smallest absolute Gasteiger partial charge is 0.0459 e. The van der Waals surface area contributed by atoms with Gasteiger partial charge in [-0.05, 0) is 52.7 Å². The van der Waals surface area contributed by atoms with E-state index in [-0.39, 0.29) is 10.8 Å². The number of hydrogen-bond donors (Lipinski definition) is 1. The van der Waals surface area contributed by atoms with Gasteiger partial charge in [-0.15, -0.1) is 12.6 Å². The van der Waals surface area contributed by atoms with Gasteiger partial charge in [0.25, 0.3) is 0 Å². The molecule has 2 aromatic rings. The molecule has 23 heavy (non-hydrogen) atoms. The van der Waals surface area contributed by atoms with Crippen molar-refractivity contribution in [3.05, 3.63) is 53.5 Å². The lowest BCUT2D eigenvalue weighted by Crippen LogP contribution is -2.49. The van der Waals surface area contributed by atoms with E-state index >= 15 is 0 Å². The molecule has 0 unspecified atom stereocenters. The van der Waals surface area contributed by atoms with Crippen molar-refractivity contribution in [2.75, 3.05) is 7.05 Å². The van der Waals surface area contributed by atoms with Crippen LogP contribution in [0.15, 0.2) is 37.1 Å². The first-order chi connectivity index (χ1) is 10.9. The summed E-state index contributed by atoms with van der Waals surface area (Å²) in [6, 6.07) is 7.03. The van der Waals surface area contributed by atoms with Crippen molar-refractivity contribution < 1.29 is 0 Å². The molecule has 2 aliphatic carbocycles. The van der Waals surface area contributed by atoms with E-state index < -0.39 is 0 Å². The zero-order valence-corrected chi connectivity index (χ0v) is 14.7. The molecule has 1 fully saturated rings. The summed E-state index contributed by atoms with van der Waals surface area (Å²) in [5.41, 5.74) is 4.53. The Morgan fingerprint density at radius 3 is 2.78 bits per heavy atom. The van der Waals surface area contributed by atoms with Gasteiger partial charge in [0.2, 0.25) is 0 Å². The zero-order valence-electron chi connectivity index (χ0n) is 14.7. The Kier molecular flexibility index (Phi) is 3.09. The van der Waals surface area contributed by atoms with Crippen LogP contribution in [0, 0.1) is 11.3 Å². The summed E-state index contributed by atoms with van der Waals surface area (Å²) in [7, 11) is 1.99. The average Bonchev–Trinajstić information content (AvgIpc) is 2.97. The van der Waals surface area contributed by atoms with E-state index in [2.05, 4.69) is 62.8 Å². The summed E-state index contributed by atoms with van der Waals surface area (Å²) in [4.78, 5) is 3.51. The van der Waals surface area contributed by atoms with E-state index in [1.807, 2.05) is 7.05 Å². The SMILES string of the molecule is C=C[C@@]1(C)CC[C@H]2[C@@H](c3c[nH]c4cccc(c34)C2(C)C)[C@@H]1[N-]C. The maximum Gasteiger partial charge on any atom is 0.0459 e. The van der Waals surface area contributed by atoms with E-state index in [0.29, 0.717) is 17.9 Å². The fourth-order valence-corrected chi connectivity index (χ4v) is 5.51. The van der Waals surface area contributed by atoms with Crippen LogP contribution in [-0.2, 0) is 5.41 Å². The molecule has 2 heteroatoms. The molecule has 0 radical (unpaired) electrons. The molecule has 4 atom stereocenters. The predicted octanol–water partition coefficient (Wildman–Crippen LogP) is 5.52. The lowest BCUT2D eigenvalue weighted by molar-refractivity contribution is 0.116. The van der Waals surface area contributed by atoms with E-state index in [1.165, 1.54) is 34.9 Å². The zero-order chi connectivity index (χ0) is 16.4. The highest BCUT2D eigenvalue weighted by Crippen LogP contribution is 2.60. The molecule has 0 bridgehead atoms. The Balaban J connectivity index is 2.00. The van der Waals surface area contributed by atoms with Crippen LogP contribution in [0.5, 0.6) is 0 Å². The number of hydrogen-bond acceptors (Lipinski definition) is 0. The van der Waals surface area contributed by atoms with Crippen molar-refractivity contribution in [2.24, 2.45) is 11.3 Å². The number of nitrogens with one attached hydrogen (secondary N) is 1. The molecule has 1 saturated carbocycles. The van der Waals surface area contributed by atoms with Gasteiger partial charge in [-0.25, -0.2) is 0 Å². The predicted molar refractivity (Wildman–Crippen MR) is 98.2 cm³/mol. The Bertz CT molecular complexity index is 769. The third-order valence-electron chi connectivity index (χ3n) is 6.90. The van der Waals surface area contributed by atoms with Gasteiger partial charge in [-0.2, -0.15) is 7.05 Å². The highest BCUT2D eigenvalue weighted by molar-refractivity contribution is 5.89. The summed E-state index contributed by atoms with van der Waals surface area (Å²) < 4.78 is 0. The van der Waals surface area contributed by atoms with Crippen LogP contribution in [-0.4, -0.2) is 18.1 Å². The summed E-state index contributed by atoms with van der Waals surface area (Å²) >= 11 is 0. The summed E-state index contributed by atoms with van der Waals surface area (Å²) in [5, 5.41) is 6.32. The summed E-state index contributed by atoms with van der Waals surface area (Å²) in [5.74, 6) is 1.12. The Hall–Kier alpha value is -1.54. The van der Waals surface area contributed by atoms with Crippen molar-refractivity contribution in [3.63, 3.8) is 0 Å². The molecule has 4 rings (SSSR count). The van der Waals surface area contributed by atoms with Gasteiger partial charge in [0.15, 0.2) is 0 Å². The van der Waals surface area contributed by atoms with E-state index in [9.17, 15) is 0 Å². The van der Waals surface area contributed by atoms with E-state index in [0.717, 1.165) is 0 Å². The van der Waals surface area contributed by atoms with Crippen molar-refractivity contribution in [1.29, 1.82) is 0 Å². The molecule has 0 aliphatic heterocycles. The Morgan fingerprint density at radius 2 is 2.09 bits per heavy atom. The average molecular weight is 307 g/mol. The number of fused-ring (bicyclic) bond motifs is 2. The molecule has 122 valence electrons. The third-order valence-corrected chi connectivity index (χ3v) is 6.90. The number of benzene rings is 1. The van der Waals surface area contributed by atoms with Crippen LogP contribution >= 0.6 is 0 Å². The van der Waals surface area contributed by atoms with Gasteiger partial charge >= 0.3 is 0 Å². The van der Waals surface area contributed by atoms with Crippen molar-refractivity contribution in [3.8, 4) is 0 Å². The molecule has 1 N–H and O–H groups in total. The second-order valence-corrected chi connectivity index (χ2v) is 8.28. The minimum absolute atomic E-state index is 0.0991. The number of likely N-dealkylation sites (N-methyl/N-ethyl adjacent to an activating group) is 1. The maximum absolute atomic E-state index is 4.88. The minimum atomic E-state index is 0.0991. The molecule has 1 heterocycles. The second kappa shape index (κ2) is 4.73. The quantitative estimate of drug-likeness (QED) is 0.708. The lowest BCUT2D eigenvalue weighted by atomic mass is 9.51. The van der Waals surface area contributed by atoms with Crippen molar-refractivity contribution in [2.45, 2.75) is 51.0 Å². The fourth-order valence-electron chi connectivity index (χ4n) is 5.51. The molecule has 0 amide bonds. The number of aromatic amines is 1. The van der Waals surface area contributed by atoms with Gasteiger partial charge < -0.3 is 10.3 Å². The molecule has 2 nitrogen and oxygen atoms in total. The first-order valence-corrected chi connectivity index (χ1v) is 8.77. The lowest BCUT2D eigenvalue weighted by Gasteiger charge is -2.60. The minimum Gasteiger partial charge on any atom is -0.661 e. The van der Waals surface area contributed by atoms with Crippen LogP contribution < -0.4 is 0 Å². The van der Waals surface area contributed by atoms with E-state index in [4.69, 9.17) is 5.32 Å². The van der Waals surface area contributed by atoms with Crippen molar-refractivity contribution in [1.82, 2.24) is 4.98 Å². The van der Waals surface area contributed by atoms with Crippen LogP contribution in [0.25, 0.3) is 16.2 Å². The van der Waals surface area contributed by atoms with Crippen LogP contribution in [0.3, 0.4) is 0 Å². The van der Waals surface area contributed by atoms with E-state index in [1.54, 1.807) is 0 Å². The molecule has 1 aromatic heterocycles. The first kappa shape index (κ1) is 15.0. The van der Waals surface area contributed by atoms with Gasteiger partial charge in [0, 0.05) is 17.1 Å². The number of aromatic nitrogens is 1. The Labute approximate surface area is 139 Å². The highest BCUT2D eigenvalue weighted by atomic mass is 14.9. The normalized spacial score (nSPS) is 35.0. The number of rotatable bonds is 2. The largest absolute Gasteiger partial charge is 0.661 e. The van der Waals surface area contributed by atoms with Crippen molar-refractivity contribution >= 4 is 10.9 Å². The summed E-state index contributed by atoms with van der Waals surface area (Å²) in [6.45, 7) is 11.3. The standard InChI is InChI=1S/C21H27N2/c1-6-21(4)11-10-15-18(19(21)22-5)13-12-23-16-9-7-8-14(17(13)16)20(15,2)3/h6-9,12,15,18-19,23H,1,10-11H2,2-5H3/q-1/t15-,18+,19-,21-/m0/s1. The Morgan fingerprint density at radius 1 is 1.30 bits per heavy atom. The molecule has 1 aromatic carbocycles.